The molecule has 1 aromatic carbocycles. The van der Waals surface area contributed by atoms with E-state index < -0.39 is 0 Å². The third kappa shape index (κ3) is 4.55. The summed E-state index contributed by atoms with van der Waals surface area (Å²) in [4.78, 5) is 0. The second kappa shape index (κ2) is 6.96. The van der Waals surface area contributed by atoms with E-state index >= 15 is 0 Å². The standard InChI is InChI=1S/C15H20BrNO2/c1-3-18-14-6-4-5-12(9-17-13-7-8-13)15(14)19-10-11(2)16/h4-6,13,17H,2-3,7-10H2,1H3. The third-order valence-electron chi connectivity index (χ3n) is 2.89. The summed E-state index contributed by atoms with van der Waals surface area (Å²) in [5, 5.41) is 3.50. The van der Waals surface area contributed by atoms with Crippen molar-refractivity contribution < 1.29 is 9.47 Å². The molecule has 1 aliphatic carbocycles. The van der Waals surface area contributed by atoms with Gasteiger partial charge in [-0.1, -0.05) is 34.6 Å². The molecule has 0 amide bonds. The van der Waals surface area contributed by atoms with Crippen molar-refractivity contribution in [2.45, 2.75) is 32.4 Å². The van der Waals surface area contributed by atoms with Crippen LogP contribution in [0.3, 0.4) is 0 Å². The summed E-state index contributed by atoms with van der Waals surface area (Å²) in [6.45, 7) is 7.66. The monoisotopic (exact) mass is 325 g/mol. The molecule has 3 nitrogen and oxygen atoms in total. The van der Waals surface area contributed by atoms with E-state index in [-0.39, 0.29) is 0 Å². The van der Waals surface area contributed by atoms with E-state index in [9.17, 15) is 0 Å². The van der Waals surface area contributed by atoms with Gasteiger partial charge in [-0.05, 0) is 25.8 Å². The van der Waals surface area contributed by atoms with E-state index in [0.717, 1.165) is 28.1 Å². The van der Waals surface area contributed by atoms with Gasteiger partial charge in [0.1, 0.15) is 6.61 Å². The lowest BCUT2D eigenvalue weighted by Gasteiger charge is -2.16. The van der Waals surface area contributed by atoms with Crippen LogP contribution in [0, 0.1) is 0 Å². The van der Waals surface area contributed by atoms with Crippen LogP contribution in [0.15, 0.2) is 29.3 Å². The van der Waals surface area contributed by atoms with Crippen molar-refractivity contribution in [3.8, 4) is 11.5 Å². The zero-order valence-electron chi connectivity index (χ0n) is 11.2. The minimum absolute atomic E-state index is 0.445. The predicted octanol–water partition coefficient (Wildman–Crippen LogP) is 3.62. The van der Waals surface area contributed by atoms with Crippen molar-refractivity contribution in [2.24, 2.45) is 0 Å². The smallest absolute Gasteiger partial charge is 0.166 e. The number of ether oxygens (including phenoxy) is 2. The molecule has 0 spiro atoms. The topological polar surface area (TPSA) is 30.5 Å². The van der Waals surface area contributed by atoms with Gasteiger partial charge in [0.2, 0.25) is 0 Å². The van der Waals surface area contributed by atoms with Crippen LogP contribution in [0.4, 0.5) is 0 Å². The number of rotatable bonds is 8. The molecule has 0 aromatic heterocycles. The maximum Gasteiger partial charge on any atom is 0.166 e. The molecule has 1 saturated carbocycles. The highest BCUT2D eigenvalue weighted by Gasteiger charge is 2.21. The lowest BCUT2D eigenvalue weighted by molar-refractivity contribution is 0.293. The second-order valence-corrected chi connectivity index (χ2v) is 5.76. The summed E-state index contributed by atoms with van der Waals surface area (Å²) in [5.74, 6) is 1.62. The van der Waals surface area contributed by atoms with Gasteiger partial charge in [-0.15, -0.1) is 0 Å². The van der Waals surface area contributed by atoms with Gasteiger partial charge in [-0.2, -0.15) is 0 Å². The zero-order valence-corrected chi connectivity index (χ0v) is 12.8. The Kier molecular flexibility index (Phi) is 5.28. The molecule has 0 heterocycles. The highest BCUT2D eigenvalue weighted by Crippen LogP contribution is 2.32. The Morgan fingerprint density at radius 1 is 1.42 bits per heavy atom. The highest BCUT2D eigenvalue weighted by molar-refractivity contribution is 9.11. The van der Waals surface area contributed by atoms with Crippen LogP contribution in [0.1, 0.15) is 25.3 Å². The van der Waals surface area contributed by atoms with Gasteiger partial charge in [-0.3, -0.25) is 0 Å². The number of halogens is 1. The average Bonchev–Trinajstić information content (AvgIpc) is 3.19. The Morgan fingerprint density at radius 2 is 2.21 bits per heavy atom. The van der Waals surface area contributed by atoms with E-state index in [1.54, 1.807) is 0 Å². The van der Waals surface area contributed by atoms with Crippen molar-refractivity contribution in [3.05, 3.63) is 34.8 Å². The van der Waals surface area contributed by atoms with Gasteiger partial charge in [0.05, 0.1) is 6.61 Å². The lowest BCUT2D eigenvalue weighted by atomic mass is 10.2. The second-order valence-electron chi connectivity index (χ2n) is 4.64. The quantitative estimate of drug-likeness (QED) is 0.791. The van der Waals surface area contributed by atoms with Gasteiger partial charge in [0, 0.05) is 22.6 Å². The summed E-state index contributed by atoms with van der Waals surface area (Å²) in [6, 6.07) is 6.69. The molecular weight excluding hydrogens is 306 g/mol. The fraction of sp³-hybridized carbons (Fsp3) is 0.467. The normalized spacial score (nSPS) is 14.2. The number of para-hydroxylation sites is 1. The molecule has 1 aliphatic rings. The molecule has 4 heteroatoms. The first kappa shape index (κ1) is 14.4. The molecule has 104 valence electrons. The molecule has 0 aliphatic heterocycles. The zero-order chi connectivity index (χ0) is 13.7. The molecule has 0 saturated heterocycles. The van der Waals surface area contributed by atoms with Crippen LogP contribution in [0.2, 0.25) is 0 Å². The lowest BCUT2D eigenvalue weighted by Crippen LogP contribution is -2.16. The molecule has 19 heavy (non-hydrogen) atoms. The fourth-order valence-corrected chi connectivity index (χ4v) is 1.94. The van der Waals surface area contributed by atoms with Crippen molar-refractivity contribution in [2.75, 3.05) is 13.2 Å². The molecule has 1 aromatic rings. The molecule has 1 N–H and O–H groups in total. The van der Waals surface area contributed by atoms with Gasteiger partial charge < -0.3 is 14.8 Å². The van der Waals surface area contributed by atoms with Crippen molar-refractivity contribution in [1.82, 2.24) is 5.32 Å². The minimum Gasteiger partial charge on any atom is -0.490 e. The van der Waals surface area contributed by atoms with E-state index in [1.165, 1.54) is 12.8 Å². The minimum atomic E-state index is 0.445. The van der Waals surface area contributed by atoms with Gasteiger partial charge >= 0.3 is 0 Å². The summed E-state index contributed by atoms with van der Waals surface area (Å²) < 4.78 is 12.3. The van der Waals surface area contributed by atoms with Crippen LogP contribution in [-0.4, -0.2) is 19.3 Å². The fourth-order valence-electron chi connectivity index (χ4n) is 1.83. The third-order valence-corrected chi connectivity index (χ3v) is 3.12. The molecule has 0 radical (unpaired) electrons. The van der Waals surface area contributed by atoms with E-state index in [2.05, 4.69) is 33.9 Å². The number of benzene rings is 1. The van der Waals surface area contributed by atoms with Gasteiger partial charge in [-0.25, -0.2) is 0 Å². The van der Waals surface area contributed by atoms with E-state index in [0.29, 0.717) is 19.3 Å². The highest BCUT2D eigenvalue weighted by atomic mass is 79.9. The Bertz CT molecular complexity index is 444. The van der Waals surface area contributed by atoms with Crippen LogP contribution in [0.25, 0.3) is 0 Å². The maximum atomic E-state index is 5.82. The Balaban J connectivity index is 2.12. The molecule has 0 atom stereocenters. The van der Waals surface area contributed by atoms with E-state index in [4.69, 9.17) is 9.47 Å². The molecule has 0 bridgehead atoms. The SMILES string of the molecule is C=C(Br)COc1c(CNC2CC2)cccc1OCC. The van der Waals surface area contributed by atoms with Crippen LogP contribution in [-0.2, 0) is 6.54 Å². The summed E-state index contributed by atoms with van der Waals surface area (Å²) >= 11 is 3.32. The first-order valence-electron chi connectivity index (χ1n) is 6.65. The number of hydrogen-bond acceptors (Lipinski definition) is 3. The van der Waals surface area contributed by atoms with Crippen molar-refractivity contribution in [3.63, 3.8) is 0 Å². The average molecular weight is 326 g/mol. The number of hydrogen-bond donors (Lipinski definition) is 1. The van der Waals surface area contributed by atoms with Crippen LogP contribution < -0.4 is 14.8 Å². The first-order valence-corrected chi connectivity index (χ1v) is 7.44. The Hall–Kier alpha value is -1.00. The first-order chi connectivity index (χ1) is 9.20. The summed E-state index contributed by atoms with van der Waals surface area (Å²) in [6.07, 6.45) is 2.55. The maximum absolute atomic E-state index is 5.82. The van der Waals surface area contributed by atoms with Crippen LogP contribution >= 0.6 is 15.9 Å². The Labute approximate surface area is 123 Å². The predicted molar refractivity (Wildman–Crippen MR) is 81.0 cm³/mol. The van der Waals surface area contributed by atoms with Gasteiger partial charge in [0.15, 0.2) is 11.5 Å². The summed E-state index contributed by atoms with van der Waals surface area (Å²) in [5.41, 5.74) is 1.13. The van der Waals surface area contributed by atoms with Crippen molar-refractivity contribution in [1.29, 1.82) is 0 Å². The van der Waals surface area contributed by atoms with Crippen molar-refractivity contribution >= 4 is 15.9 Å². The molecule has 2 rings (SSSR count). The number of nitrogens with one attached hydrogen (secondary N) is 1. The molecule has 0 unspecified atom stereocenters. The molecular formula is C15H20BrNO2. The van der Waals surface area contributed by atoms with Crippen LogP contribution in [0.5, 0.6) is 11.5 Å². The molecule has 1 fully saturated rings. The largest absolute Gasteiger partial charge is 0.490 e. The summed E-state index contributed by atoms with van der Waals surface area (Å²) in [7, 11) is 0. The Morgan fingerprint density at radius 3 is 2.84 bits per heavy atom. The van der Waals surface area contributed by atoms with Gasteiger partial charge in [0.25, 0.3) is 0 Å². The van der Waals surface area contributed by atoms with E-state index in [1.807, 2.05) is 19.1 Å².